The van der Waals surface area contributed by atoms with E-state index in [0.29, 0.717) is 12.2 Å². The maximum absolute atomic E-state index is 12.7. The number of para-hydroxylation sites is 1. The number of thioether (sulfide) groups is 1. The fourth-order valence-corrected chi connectivity index (χ4v) is 4.85. The summed E-state index contributed by atoms with van der Waals surface area (Å²) in [6, 6.07) is 13.8. The summed E-state index contributed by atoms with van der Waals surface area (Å²) in [5.74, 6) is -0.0349. The van der Waals surface area contributed by atoms with Gasteiger partial charge in [-0.15, -0.1) is 0 Å². The van der Waals surface area contributed by atoms with Crippen LogP contribution >= 0.6 is 11.8 Å². The average molecular weight is 374 g/mol. The van der Waals surface area contributed by atoms with E-state index in [1.54, 1.807) is 48.5 Å². The number of benzene rings is 2. The fraction of sp³-hybridized carbons (Fsp3) is 0.167. The van der Waals surface area contributed by atoms with Crippen LogP contribution in [0.25, 0.3) is 0 Å². The molecule has 3 rings (SSSR count). The first-order chi connectivity index (χ1) is 11.9. The zero-order valence-electron chi connectivity index (χ0n) is 13.9. The van der Waals surface area contributed by atoms with Crippen molar-refractivity contribution in [3.05, 3.63) is 59.6 Å². The molecule has 0 aliphatic carbocycles. The van der Waals surface area contributed by atoms with E-state index in [9.17, 15) is 13.2 Å². The van der Waals surface area contributed by atoms with Crippen molar-refractivity contribution in [2.45, 2.75) is 23.6 Å². The van der Waals surface area contributed by atoms with Gasteiger partial charge < -0.3 is 4.90 Å². The molecular weight excluding hydrogens is 356 g/mol. The van der Waals surface area contributed by atoms with Gasteiger partial charge in [0.25, 0.3) is 10.0 Å². The Kier molecular flexibility index (Phi) is 4.87. The van der Waals surface area contributed by atoms with Crippen molar-refractivity contribution in [2.24, 2.45) is 0 Å². The van der Waals surface area contributed by atoms with Gasteiger partial charge in [0.1, 0.15) is 0 Å². The predicted octanol–water partition coefficient (Wildman–Crippen LogP) is 3.85. The molecule has 0 bridgehead atoms. The summed E-state index contributed by atoms with van der Waals surface area (Å²) < 4.78 is 27.9. The molecule has 1 aliphatic rings. The van der Waals surface area contributed by atoms with Crippen molar-refractivity contribution in [2.75, 3.05) is 16.2 Å². The molecule has 7 heteroatoms. The molecule has 5 nitrogen and oxygen atoms in total. The fourth-order valence-electron chi connectivity index (χ4n) is 2.58. The number of allylic oxidation sites excluding steroid dienone is 1. The van der Waals surface area contributed by atoms with Gasteiger partial charge in [0, 0.05) is 23.2 Å². The Bertz CT molecular complexity index is 938. The van der Waals surface area contributed by atoms with E-state index in [2.05, 4.69) is 4.72 Å². The molecule has 0 fully saturated rings. The highest BCUT2D eigenvalue weighted by molar-refractivity contribution is 8.03. The van der Waals surface area contributed by atoms with Crippen LogP contribution in [0.1, 0.15) is 13.8 Å². The summed E-state index contributed by atoms with van der Waals surface area (Å²) in [4.78, 5) is 14.5. The normalized spacial score (nSPS) is 15.3. The second-order valence-corrected chi connectivity index (χ2v) is 8.29. The summed E-state index contributed by atoms with van der Waals surface area (Å²) in [6.07, 6.45) is 1.57. The molecule has 130 valence electrons. The number of anilines is 2. The molecule has 0 saturated heterocycles. The monoisotopic (exact) mass is 374 g/mol. The Labute approximate surface area is 151 Å². The van der Waals surface area contributed by atoms with E-state index in [-0.39, 0.29) is 10.7 Å². The molecular formula is C18H18N2O3S2. The number of nitrogens with zero attached hydrogens (tertiary/aromatic N) is 1. The third-order valence-corrected chi connectivity index (χ3v) is 6.17. The van der Waals surface area contributed by atoms with Crippen molar-refractivity contribution in [3.8, 4) is 0 Å². The van der Waals surface area contributed by atoms with Gasteiger partial charge in [0.2, 0.25) is 0 Å². The van der Waals surface area contributed by atoms with E-state index in [0.717, 1.165) is 15.6 Å². The maximum atomic E-state index is 12.7. The van der Waals surface area contributed by atoms with Crippen LogP contribution in [0.2, 0.25) is 0 Å². The van der Waals surface area contributed by atoms with Crippen molar-refractivity contribution < 1.29 is 13.2 Å². The Morgan fingerprint density at radius 3 is 2.56 bits per heavy atom. The van der Waals surface area contributed by atoms with Gasteiger partial charge in [-0.05, 0) is 44.2 Å². The number of sulfonamides is 1. The second kappa shape index (κ2) is 6.93. The van der Waals surface area contributed by atoms with Crippen LogP contribution in [-0.4, -0.2) is 20.7 Å². The molecule has 1 heterocycles. The number of carbonyl (C=O) groups is 1. The van der Waals surface area contributed by atoms with Crippen LogP contribution in [0.5, 0.6) is 0 Å². The summed E-state index contributed by atoms with van der Waals surface area (Å²) in [7, 11) is -3.68. The van der Waals surface area contributed by atoms with Crippen LogP contribution in [0.4, 0.5) is 11.4 Å². The van der Waals surface area contributed by atoms with Crippen molar-refractivity contribution in [1.29, 1.82) is 0 Å². The molecule has 0 amide bonds. The zero-order valence-corrected chi connectivity index (χ0v) is 15.5. The molecule has 1 N–H and O–H groups in total. The largest absolute Gasteiger partial charge is 0.335 e. The maximum Gasteiger partial charge on any atom is 0.261 e. The van der Waals surface area contributed by atoms with Crippen molar-refractivity contribution >= 4 is 38.9 Å². The highest BCUT2D eigenvalue weighted by Gasteiger charge is 2.26. The van der Waals surface area contributed by atoms with Crippen LogP contribution < -0.4 is 9.62 Å². The van der Waals surface area contributed by atoms with E-state index in [1.165, 1.54) is 18.7 Å². The minimum absolute atomic E-state index is 0.0349. The summed E-state index contributed by atoms with van der Waals surface area (Å²) in [6.45, 7) is 4.12. The van der Waals surface area contributed by atoms with Gasteiger partial charge in [-0.3, -0.25) is 9.52 Å². The van der Waals surface area contributed by atoms with Gasteiger partial charge in [-0.1, -0.05) is 30.0 Å². The van der Waals surface area contributed by atoms with Crippen molar-refractivity contribution in [1.82, 2.24) is 0 Å². The van der Waals surface area contributed by atoms with Crippen molar-refractivity contribution in [3.63, 3.8) is 0 Å². The zero-order chi connectivity index (χ0) is 18.0. The molecule has 1 aliphatic heterocycles. The minimum Gasteiger partial charge on any atom is -0.335 e. The standard InChI is InChI=1S/C18H18N2O3S2/c1-3-20-16-12-15(9-10-17(16)24-18(20)11-13(2)21)25(22,23)19-14-7-5-4-6-8-14/h4-12,19H,3H2,1-2H3/b18-11-. The number of rotatable bonds is 5. The van der Waals surface area contributed by atoms with Crippen LogP contribution in [0, 0.1) is 0 Å². The van der Waals surface area contributed by atoms with Crippen LogP contribution in [-0.2, 0) is 14.8 Å². The smallest absolute Gasteiger partial charge is 0.261 e. The molecule has 25 heavy (non-hydrogen) atoms. The molecule has 0 spiro atoms. The first kappa shape index (κ1) is 17.6. The first-order valence-corrected chi connectivity index (χ1v) is 10.1. The number of hydrogen-bond donors (Lipinski definition) is 1. The van der Waals surface area contributed by atoms with Gasteiger partial charge in [-0.25, -0.2) is 8.42 Å². The molecule has 0 atom stereocenters. The summed E-state index contributed by atoms with van der Waals surface area (Å²) in [5, 5.41) is 0.815. The van der Waals surface area contributed by atoms with Crippen LogP contribution in [0.3, 0.4) is 0 Å². The molecule has 0 radical (unpaired) electrons. The lowest BCUT2D eigenvalue weighted by molar-refractivity contribution is -0.112. The second-order valence-electron chi connectivity index (χ2n) is 5.54. The Balaban J connectivity index is 1.96. The van der Waals surface area contributed by atoms with Crippen LogP contribution in [0.15, 0.2) is 69.4 Å². The molecule has 2 aromatic carbocycles. The van der Waals surface area contributed by atoms with Gasteiger partial charge in [0.05, 0.1) is 15.6 Å². The Hall–Kier alpha value is -2.25. The minimum atomic E-state index is -3.68. The molecule has 2 aromatic rings. The number of hydrogen-bond acceptors (Lipinski definition) is 5. The quantitative estimate of drug-likeness (QED) is 0.805. The number of nitrogens with one attached hydrogen (secondary N) is 1. The Morgan fingerprint density at radius 1 is 1.20 bits per heavy atom. The lowest BCUT2D eigenvalue weighted by Crippen LogP contribution is -2.18. The SMILES string of the molecule is CCN1/C(=C/C(C)=O)Sc2ccc(S(=O)(=O)Nc3ccccc3)cc21. The topological polar surface area (TPSA) is 66.5 Å². The predicted molar refractivity (Wildman–Crippen MR) is 101 cm³/mol. The van der Waals surface area contributed by atoms with E-state index < -0.39 is 10.0 Å². The third-order valence-electron chi connectivity index (χ3n) is 3.68. The van der Waals surface area contributed by atoms with Gasteiger partial charge >= 0.3 is 0 Å². The number of fused-ring (bicyclic) bond motifs is 1. The lowest BCUT2D eigenvalue weighted by Gasteiger charge is -2.18. The molecule has 0 unspecified atom stereocenters. The molecule has 0 saturated carbocycles. The molecule has 0 aromatic heterocycles. The van der Waals surface area contributed by atoms with E-state index in [4.69, 9.17) is 0 Å². The van der Waals surface area contributed by atoms with E-state index >= 15 is 0 Å². The summed E-state index contributed by atoms with van der Waals surface area (Å²) in [5.41, 5.74) is 1.32. The average Bonchev–Trinajstić information content (AvgIpc) is 2.90. The number of carbonyl (C=O) groups excluding carboxylic acids is 1. The van der Waals surface area contributed by atoms with Gasteiger partial charge in [-0.2, -0.15) is 0 Å². The third kappa shape index (κ3) is 3.72. The Morgan fingerprint density at radius 2 is 1.92 bits per heavy atom. The lowest BCUT2D eigenvalue weighted by atomic mass is 10.3. The van der Waals surface area contributed by atoms with E-state index in [1.807, 2.05) is 17.9 Å². The number of ketones is 1. The highest BCUT2D eigenvalue weighted by atomic mass is 32.2. The first-order valence-electron chi connectivity index (χ1n) is 7.80. The highest BCUT2D eigenvalue weighted by Crippen LogP contribution is 2.46. The summed E-state index contributed by atoms with van der Waals surface area (Å²) >= 11 is 1.47. The van der Waals surface area contributed by atoms with Gasteiger partial charge in [0.15, 0.2) is 5.78 Å².